The minimum absolute atomic E-state index is 0. The van der Waals surface area contributed by atoms with E-state index in [1.165, 1.54) is 5.56 Å². The molecule has 0 unspecified atom stereocenters. The predicted octanol–water partition coefficient (Wildman–Crippen LogP) is 3.79. The largest absolute Gasteiger partial charge is 0.399 e. The summed E-state index contributed by atoms with van der Waals surface area (Å²) < 4.78 is 0. The number of carbonyl (C=O) groups is 1. The maximum atomic E-state index is 12.5. The second-order valence-electron chi connectivity index (χ2n) is 6.03. The highest BCUT2D eigenvalue weighted by molar-refractivity contribution is 5.97. The first-order valence-electron chi connectivity index (χ1n) is 7.88. The summed E-state index contributed by atoms with van der Waals surface area (Å²) >= 11 is 0. The lowest BCUT2D eigenvalue weighted by atomic mass is 9.89. The highest BCUT2D eigenvalue weighted by atomic mass is 35.5. The average molecular weight is 331 g/mol. The number of rotatable bonds is 4. The summed E-state index contributed by atoms with van der Waals surface area (Å²) in [5.41, 5.74) is 8.73. The van der Waals surface area contributed by atoms with Gasteiger partial charge in [0.25, 0.3) is 0 Å². The quantitative estimate of drug-likeness (QED) is 0.685. The summed E-state index contributed by atoms with van der Waals surface area (Å²) in [6.07, 6.45) is 1.88. The van der Waals surface area contributed by atoms with Crippen LogP contribution in [0.2, 0.25) is 0 Å². The van der Waals surface area contributed by atoms with Crippen LogP contribution in [0.4, 0.5) is 5.69 Å². The molecule has 2 aromatic rings. The van der Waals surface area contributed by atoms with Crippen molar-refractivity contribution in [2.75, 3.05) is 18.8 Å². The molecular weight excluding hydrogens is 308 g/mol. The minimum Gasteiger partial charge on any atom is -0.399 e. The van der Waals surface area contributed by atoms with Crippen molar-refractivity contribution in [1.29, 1.82) is 0 Å². The highest BCUT2D eigenvalue weighted by Gasteiger charge is 2.25. The van der Waals surface area contributed by atoms with Crippen molar-refractivity contribution in [2.45, 2.75) is 19.4 Å². The van der Waals surface area contributed by atoms with Crippen molar-refractivity contribution in [3.05, 3.63) is 65.7 Å². The van der Waals surface area contributed by atoms with Crippen molar-refractivity contribution < 1.29 is 4.79 Å². The molecule has 1 saturated heterocycles. The van der Waals surface area contributed by atoms with Gasteiger partial charge in [0.05, 0.1) is 0 Å². The van der Waals surface area contributed by atoms with Gasteiger partial charge in [0.15, 0.2) is 5.78 Å². The van der Waals surface area contributed by atoms with Gasteiger partial charge in [-0.1, -0.05) is 42.5 Å². The molecule has 0 amide bonds. The molecule has 2 aromatic carbocycles. The Hall–Kier alpha value is -1.84. The van der Waals surface area contributed by atoms with Gasteiger partial charge >= 0.3 is 0 Å². The van der Waals surface area contributed by atoms with Gasteiger partial charge in [-0.25, -0.2) is 0 Å². The zero-order chi connectivity index (χ0) is 15.4. The fraction of sp³-hybridized carbons (Fsp3) is 0.316. The van der Waals surface area contributed by atoms with Crippen LogP contribution >= 0.6 is 12.4 Å². The Kier molecular flexibility index (Phi) is 6.20. The topological polar surface area (TPSA) is 46.3 Å². The first-order chi connectivity index (χ1) is 10.7. The van der Waals surface area contributed by atoms with E-state index in [1.54, 1.807) is 0 Å². The number of anilines is 1. The van der Waals surface area contributed by atoms with E-state index in [1.807, 2.05) is 48.5 Å². The van der Waals surface area contributed by atoms with E-state index in [-0.39, 0.29) is 18.3 Å². The molecule has 1 aliphatic heterocycles. The molecule has 0 aromatic heterocycles. The summed E-state index contributed by atoms with van der Waals surface area (Å²) in [6, 6.07) is 17.7. The zero-order valence-electron chi connectivity index (χ0n) is 13.2. The Morgan fingerprint density at radius 3 is 2.39 bits per heavy atom. The van der Waals surface area contributed by atoms with Crippen molar-refractivity contribution in [2.24, 2.45) is 5.92 Å². The smallest absolute Gasteiger partial charge is 0.166 e. The number of nitrogens with two attached hydrogens (primary N) is 1. The Bertz CT molecular complexity index is 637. The third-order valence-corrected chi connectivity index (χ3v) is 4.37. The SMILES string of the molecule is Cl.Nc1cccc(CN2CCC(C(=O)c3ccccc3)CC2)c1. The lowest BCUT2D eigenvalue weighted by molar-refractivity contribution is 0.0835. The number of carbonyl (C=O) groups excluding carboxylic acids is 1. The molecule has 0 bridgehead atoms. The van der Waals surface area contributed by atoms with Gasteiger partial charge in [0, 0.05) is 23.7 Å². The summed E-state index contributed by atoms with van der Waals surface area (Å²) in [6.45, 7) is 2.85. The number of piperidine rings is 1. The van der Waals surface area contributed by atoms with Crippen LogP contribution in [0.3, 0.4) is 0 Å². The average Bonchev–Trinajstić information content (AvgIpc) is 2.56. The second kappa shape index (κ2) is 8.14. The van der Waals surface area contributed by atoms with Gasteiger partial charge in [-0.2, -0.15) is 0 Å². The fourth-order valence-electron chi connectivity index (χ4n) is 3.14. The molecule has 1 fully saturated rings. The number of ketones is 1. The Morgan fingerprint density at radius 2 is 1.74 bits per heavy atom. The van der Waals surface area contributed by atoms with Crippen LogP contribution in [-0.2, 0) is 6.54 Å². The van der Waals surface area contributed by atoms with E-state index in [9.17, 15) is 4.79 Å². The van der Waals surface area contributed by atoms with Crippen LogP contribution in [-0.4, -0.2) is 23.8 Å². The predicted molar refractivity (Wildman–Crippen MR) is 96.9 cm³/mol. The summed E-state index contributed by atoms with van der Waals surface area (Å²) in [4.78, 5) is 14.9. The Balaban J connectivity index is 0.00000192. The third kappa shape index (κ3) is 4.57. The van der Waals surface area contributed by atoms with Crippen molar-refractivity contribution in [1.82, 2.24) is 4.90 Å². The van der Waals surface area contributed by atoms with Crippen LogP contribution in [0, 0.1) is 5.92 Å². The van der Waals surface area contributed by atoms with Gasteiger partial charge in [-0.15, -0.1) is 12.4 Å². The number of likely N-dealkylation sites (tertiary alicyclic amines) is 1. The number of nitrogen functional groups attached to an aromatic ring is 1. The molecule has 1 aliphatic rings. The number of hydrogen-bond acceptors (Lipinski definition) is 3. The molecule has 2 N–H and O–H groups in total. The zero-order valence-corrected chi connectivity index (χ0v) is 14.0. The Labute approximate surface area is 143 Å². The second-order valence-corrected chi connectivity index (χ2v) is 6.03. The maximum Gasteiger partial charge on any atom is 0.166 e. The molecule has 23 heavy (non-hydrogen) atoms. The molecule has 122 valence electrons. The lowest BCUT2D eigenvalue weighted by Crippen LogP contribution is -2.35. The van der Waals surface area contributed by atoms with Crippen LogP contribution in [0.15, 0.2) is 54.6 Å². The van der Waals surface area contributed by atoms with Crippen LogP contribution < -0.4 is 5.73 Å². The van der Waals surface area contributed by atoms with E-state index in [4.69, 9.17) is 5.73 Å². The van der Waals surface area contributed by atoms with Crippen LogP contribution in [0.25, 0.3) is 0 Å². The van der Waals surface area contributed by atoms with Gasteiger partial charge in [-0.3, -0.25) is 9.69 Å². The molecule has 4 heteroatoms. The molecule has 0 atom stereocenters. The first kappa shape index (κ1) is 17.5. The van der Waals surface area contributed by atoms with Crippen molar-refractivity contribution in [3.8, 4) is 0 Å². The fourth-order valence-corrected chi connectivity index (χ4v) is 3.14. The van der Waals surface area contributed by atoms with Crippen LogP contribution in [0.5, 0.6) is 0 Å². The molecule has 0 radical (unpaired) electrons. The standard InChI is InChI=1S/C19H22N2O.ClH/c20-18-8-4-5-15(13-18)14-21-11-9-17(10-12-21)19(22)16-6-2-1-3-7-16;/h1-8,13,17H,9-12,14,20H2;1H. The van der Waals surface area contributed by atoms with Gasteiger partial charge in [-0.05, 0) is 43.6 Å². The monoisotopic (exact) mass is 330 g/mol. The molecule has 1 heterocycles. The highest BCUT2D eigenvalue weighted by Crippen LogP contribution is 2.23. The maximum absolute atomic E-state index is 12.5. The molecule has 0 saturated carbocycles. The number of benzene rings is 2. The summed E-state index contributed by atoms with van der Waals surface area (Å²) in [5.74, 6) is 0.462. The number of Topliss-reactive ketones (excluding diaryl/α,β-unsaturated/α-hetero) is 1. The molecule has 0 spiro atoms. The number of hydrogen-bond donors (Lipinski definition) is 1. The van der Waals surface area contributed by atoms with Crippen LogP contribution in [0.1, 0.15) is 28.8 Å². The molecular formula is C19H23ClN2O. The minimum atomic E-state index is 0. The Morgan fingerprint density at radius 1 is 1.04 bits per heavy atom. The van der Waals surface area contributed by atoms with Gasteiger partial charge < -0.3 is 5.73 Å². The van der Waals surface area contributed by atoms with Gasteiger partial charge in [0.1, 0.15) is 0 Å². The number of nitrogens with zero attached hydrogens (tertiary/aromatic N) is 1. The molecule has 0 aliphatic carbocycles. The van der Waals surface area contributed by atoms with Crippen molar-refractivity contribution in [3.63, 3.8) is 0 Å². The van der Waals surface area contributed by atoms with Crippen molar-refractivity contribution >= 4 is 23.9 Å². The van der Waals surface area contributed by atoms with E-state index in [2.05, 4.69) is 11.0 Å². The van der Waals surface area contributed by atoms with Gasteiger partial charge in [0.2, 0.25) is 0 Å². The summed E-state index contributed by atoms with van der Waals surface area (Å²) in [7, 11) is 0. The number of halogens is 1. The first-order valence-corrected chi connectivity index (χ1v) is 7.88. The third-order valence-electron chi connectivity index (χ3n) is 4.37. The molecule has 3 rings (SSSR count). The normalized spacial score (nSPS) is 15.8. The molecule has 3 nitrogen and oxygen atoms in total. The van der Waals surface area contributed by atoms with E-state index in [0.717, 1.165) is 43.7 Å². The van der Waals surface area contributed by atoms with E-state index >= 15 is 0 Å². The van der Waals surface area contributed by atoms with E-state index < -0.39 is 0 Å². The summed E-state index contributed by atoms with van der Waals surface area (Å²) in [5, 5.41) is 0. The van der Waals surface area contributed by atoms with E-state index in [0.29, 0.717) is 5.78 Å². The lowest BCUT2D eigenvalue weighted by Gasteiger charge is -2.31.